The number of amides is 2. The first kappa shape index (κ1) is 26.6. The minimum atomic E-state index is -0.524. The van der Waals surface area contributed by atoms with Gasteiger partial charge >= 0.3 is 5.97 Å². The van der Waals surface area contributed by atoms with Crippen molar-refractivity contribution in [2.45, 2.75) is 27.2 Å². The van der Waals surface area contributed by atoms with Crippen LogP contribution in [0.3, 0.4) is 0 Å². The SMILES string of the molecule is CCCOC(=O)c1ccc(OCC(=O)NNC(=S)NC(=O)c2ccccc2OCC(C)C)cc1. The summed E-state index contributed by atoms with van der Waals surface area (Å²) in [6.07, 6.45) is 0.739. The van der Waals surface area contributed by atoms with Gasteiger partial charge in [-0.15, -0.1) is 0 Å². The van der Waals surface area contributed by atoms with Gasteiger partial charge in [0.05, 0.1) is 24.3 Å². The van der Waals surface area contributed by atoms with Gasteiger partial charge in [0, 0.05) is 0 Å². The van der Waals surface area contributed by atoms with Crippen LogP contribution in [0.15, 0.2) is 48.5 Å². The van der Waals surface area contributed by atoms with E-state index in [4.69, 9.17) is 26.4 Å². The number of benzene rings is 2. The van der Waals surface area contributed by atoms with Crippen LogP contribution in [0.2, 0.25) is 0 Å². The van der Waals surface area contributed by atoms with Gasteiger partial charge in [-0.1, -0.05) is 32.9 Å². The second-order valence-electron chi connectivity index (χ2n) is 7.61. The largest absolute Gasteiger partial charge is 0.492 e. The van der Waals surface area contributed by atoms with Crippen LogP contribution in [0.1, 0.15) is 47.9 Å². The lowest BCUT2D eigenvalue weighted by atomic mass is 10.2. The highest BCUT2D eigenvalue weighted by Crippen LogP contribution is 2.18. The Morgan fingerprint density at radius 1 is 0.971 bits per heavy atom. The predicted octanol–water partition coefficient (Wildman–Crippen LogP) is 3.00. The molecule has 0 atom stereocenters. The molecule has 0 radical (unpaired) electrons. The Hall–Kier alpha value is -3.66. The van der Waals surface area contributed by atoms with E-state index in [1.165, 1.54) is 0 Å². The van der Waals surface area contributed by atoms with Crippen LogP contribution in [0.25, 0.3) is 0 Å². The standard InChI is InChI=1S/C24H29N3O6S/c1-4-13-31-23(30)17-9-11-18(12-10-17)32-15-21(28)26-27-24(34)25-22(29)19-7-5-6-8-20(19)33-14-16(2)3/h5-12,16H,4,13-15H2,1-3H3,(H,26,28)(H2,25,27,29,34). The van der Waals surface area contributed by atoms with Crippen molar-refractivity contribution >= 4 is 35.1 Å². The summed E-state index contributed by atoms with van der Waals surface area (Å²) in [7, 11) is 0. The van der Waals surface area contributed by atoms with Crippen molar-refractivity contribution < 1.29 is 28.6 Å². The number of ether oxygens (including phenoxy) is 3. The molecule has 182 valence electrons. The Labute approximate surface area is 204 Å². The Morgan fingerprint density at radius 3 is 2.35 bits per heavy atom. The van der Waals surface area contributed by atoms with E-state index in [0.717, 1.165) is 6.42 Å². The average molecular weight is 488 g/mol. The van der Waals surface area contributed by atoms with E-state index < -0.39 is 17.8 Å². The summed E-state index contributed by atoms with van der Waals surface area (Å²) in [6, 6.07) is 13.0. The van der Waals surface area contributed by atoms with Gasteiger partial charge in [0.15, 0.2) is 11.7 Å². The van der Waals surface area contributed by atoms with E-state index in [9.17, 15) is 14.4 Å². The second kappa shape index (κ2) is 13.8. The van der Waals surface area contributed by atoms with Crippen molar-refractivity contribution in [2.75, 3.05) is 19.8 Å². The molecular formula is C24H29N3O6S. The highest BCUT2D eigenvalue weighted by molar-refractivity contribution is 7.80. The van der Waals surface area contributed by atoms with E-state index in [2.05, 4.69) is 16.2 Å². The molecule has 0 aliphatic heterocycles. The number of carbonyl (C=O) groups is 3. The van der Waals surface area contributed by atoms with Crippen molar-refractivity contribution in [1.29, 1.82) is 0 Å². The molecule has 0 unspecified atom stereocenters. The molecule has 0 saturated carbocycles. The zero-order valence-electron chi connectivity index (χ0n) is 19.4. The van der Waals surface area contributed by atoms with E-state index in [1.807, 2.05) is 20.8 Å². The minimum Gasteiger partial charge on any atom is -0.492 e. The zero-order chi connectivity index (χ0) is 24.9. The molecule has 0 aliphatic carbocycles. The number of esters is 1. The quantitative estimate of drug-likeness (QED) is 0.266. The Kier molecular flexibility index (Phi) is 10.8. The monoisotopic (exact) mass is 487 g/mol. The van der Waals surface area contributed by atoms with Gasteiger partial charge < -0.3 is 14.2 Å². The lowest BCUT2D eigenvalue weighted by Gasteiger charge is -2.14. The van der Waals surface area contributed by atoms with Crippen molar-refractivity contribution in [1.82, 2.24) is 16.2 Å². The Bertz CT molecular complexity index is 994. The summed E-state index contributed by atoms with van der Waals surface area (Å²) in [4.78, 5) is 36.3. The van der Waals surface area contributed by atoms with Gasteiger partial charge in [-0.2, -0.15) is 0 Å². The molecule has 0 aromatic heterocycles. The van der Waals surface area contributed by atoms with Gasteiger partial charge in [-0.3, -0.25) is 25.8 Å². The maximum atomic E-state index is 12.5. The van der Waals surface area contributed by atoms with Gasteiger partial charge in [-0.05, 0) is 61.0 Å². The van der Waals surface area contributed by atoms with Crippen LogP contribution < -0.4 is 25.6 Å². The molecule has 0 bridgehead atoms. The van der Waals surface area contributed by atoms with E-state index >= 15 is 0 Å². The summed E-state index contributed by atoms with van der Waals surface area (Å²) in [5.74, 6) is -0.269. The average Bonchev–Trinajstić information content (AvgIpc) is 2.83. The third kappa shape index (κ3) is 9.07. The van der Waals surface area contributed by atoms with Gasteiger partial charge in [0.1, 0.15) is 11.5 Å². The van der Waals surface area contributed by atoms with Crippen molar-refractivity contribution in [2.24, 2.45) is 5.92 Å². The zero-order valence-corrected chi connectivity index (χ0v) is 20.2. The fourth-order valence-electron chi connectivity index (χ4n) is 2.52. The van der Waals surface area contributed by atoms with Gasteiger partial charge in [0.2, 0.25) is 0 Å². The number of hydrazine groups is 1. The highest BCUT2D eigenvalue weighted by atomic mass is 32.1. The van der Waals surface area contributed by atoms with Crippen molar-refractivity contribution in [3.63, 3.8) is 0 Å². The van der Waals surface area contributed by atoms with Gasteiger partial charge in [0.25, 0.3) is 11.8 Å². The van der Waals surface area contributed by atoms with Gasteiger partial charge in [-0.25, -0.2) is 4.79 Å². The summed E-state index contributed by atoms with van der Waals surface area (Å²) in [5, 5.41) is 2.40. The van der Waals surface area contributed by atoms with Crippen LogP contribution in [0, 0.1) is 5.92 Å². The Balaban J connectivity index is 1.76. The first-order valence-corrected chi connectivity index (χ1v) is 11.2. The lowest BCUT2D eigenvalue weighted by Crippen LogP contribution is -2.49. The maximum Gasteiger partial charge on any atom is 0.338 e. The molecular weight excluding hydrogens is 458 g/mol. The molecule has 3 N–H and O–H groups in total. The number of carbonyl (C=O) groups excluding carboxylic acids is 3. The van der Waals surface area contributed by atoms with Crippen LogP contribution in [-0.4, -0.2) is 42.7 Å². The molecule has 2 rings (SSSR count). The molecule has 2 amide bonds. The first-order valence-electron chi connectivity index (χ1n) is 10.8. The molecule has 34 heavy (non-hydrogen) atoms. The number of hydrogen-bond acceptors (Lipinski definition) is 7. The van der Waals surface area contributed by atoms with E-state index in [0.29, 0.717) is 41.8 Å². The molecule has 2 aromatic carbocycles. The highest BCUT2D eigenvalue weighted by Gasteiger charge is 2.14. The maximum absolute atomic E-state index is 12.5. The minimum absolute atomic E-state index is 0.0908. The smallest absolute Gasteiger partial charge is 0.338 e. The number of para-hydroxylation sites is 1. The van der Waals surface area contributed by atoms with Crippen molar-refractivity contribution in [3.05, 3.63) is 59.7 Å². The molecule has 10 heteroatoms. The predicted molar refractivity (Wildman–Crippen MR) is 131 cm³/mol. The normalized spacial score (nSPS) is 10.2. The fraction of sp³-hybridized carbons (Fsp3) is 0.333. The number of hydrogen-bond donors (Lipinski definition) is 3. The Morgan fingerprint density at radius 2 is 1.68 bits per heavy atom. The first-order chi connectivity index (χ1) is 16.3. The van der Waals surface area contributed by atoms with E-state index in [-0.39, 0.29) is 11.7 Å². The number of nitrogens with one attached hydrogen (secondary N) is 3. The van der Waals surface area contributed by atoms with Crippen LogP contribution in [0.4, 0.5) is 0 Å². The topological polar surface area (TPSA) is 115 Å². The number of rotatable bonds is 10. The van der Waals surface area contributed by atoms with Crippen LogP contribution in [0.5, 0.6) is 11.5 Å². The summed E-state index contributed by atoms with van der Waals surface area (Å²) < 4.78 is 16.1. The second-order valence-corrected chi connectivity index (χ2v) is 8.01. The fourth-order valence-corrected chi connectivity index (χ4v) is 2.66. The third-order valence-corrected chi connectivity index (χ3v) is 4.35. The van der Waals surface area contributed by atoms with Crippen LogP contribution in [-0.2, 0) is 9.53 Å². The van der Waals surface area contributed by atoms with Crippen LogP contribution >= 0.6 is 12.2 Å². The molecule has 9 nitrogen and oxygen atoms in total. The molecule has 2 aromatic rings. The third-order valence-electron chi connectivity index (χ3n) is 4.14. The summed E-state index contributed by atoms with van der Waals surface area (Å²) >= 11 is 5.06. The molecule has 0 heterocycles. The molecule has 0 spiro atoms. The molecule has 0 saturated heterocycles. The molecule has 0 aliphatic rings. The summed E-state index contributed by atoms with van der Waals surface area (Å²) in [6.45, 7) is 6.43. The number of thiocarbonyl (C=S) groups is 1. The summed E-state index contributed by atoms with van der Waals surface area (Å²) in [5.41, 5.74) is 5.51. The molecule has 0 fully saturated rings. The lowest BCUT2D eigenvalue weighted by molar-refractivity contribution is -0.123. The van der Waals surface area contributed by atoms with E-state index in [1.54, 1.807) is 48.5 Å². The van der Waals surface area contributed by atoms with Crippen molar-refractivity contribution in [3.8, 4) is 11.5 Å².